The largest absolute Gasteiger partial charge is 0.480 e. The van der Waals surface area contributed by atoms with Crippen LogP contribution in [0.2, 0.25) is 0 Å². The lowest BCUT2D eigenvalue weighted by Gasteiger charge is -2.26. The van der Waals surface area contributed by atoms with Crippen LogP contribution in [0.5, 0.6) is 0 Å². The number of amides is 2. The Hall–Kier alpha value is -3.35. The molecule has 1 aliphatic rings. The Balaban J connectivity index is 1.68. The quantitative estimate of drug-likeness (QED) is 0.526. The van der Waals surface area contributed by atoms with Gasteiger partial charge in [-0.1, -0.05) is 62.4 Å². The molecule has 1 unspecified atom stereocenters. The minimum absolute atomic E-state index is 0.0861. The summed E-state index contributed by atoms with van der Waals surface area (Å²) >= 11 is 0. The molecule has 0 radical (unpaired) electrons. The van der Waals surface area contributed by atoms with E-state index < -0.39 is 29.6 Å². The van der Waals surface area contributed by atoms with Crippen molar-refractivity contribution in [2.75, 3.05) is 6.61 Å². The van der Waals surface area contributed by atoms with Crippen molar-refractivity contribution in [2.24, 2.45) is 5.92 Å². The smallest absolute Gasteiger partial charge is 0.407 e. The van der Waals surface area contributed by atoms with Crippen LogP contribution in [0.4, 0.5) is 4.79 Å². The van der Waals surface area contributed by atoms with E-state index in [4.69, 9.17) is 4.74 Å². The van der Waals surface area contributed by atoms with Gasteiger partial charge in [-0.3, -0.25) is 4.79 Å². The van der Waals surface area contributed by atoms with Crippen molar-refractivity contribution in [3.8, 4) is 11.1 Å². The Labute approximate surface area is 194 Å². The normalized spacial score (nSPS) is 13.7. The van der Waals surface area contributed by atoms with Gasteiger partial charge < -0.3 is 20.5 Å². The molecular weight excluding hydrogens is 420 g/mol. The molecule has 3 rings (SSSR count). The zero-order valence-electron chi connectivity index (χ0n) is 19.6. The summed E-state index contributed by atoms with van der Waals surface area (Å²) in [5.74, 6) is -1.47. The third-order valence-electron chi connectivity index (χ3n) is 5.96. The Morgan fingerprint density at radius 3 is 2.03 bits per heavy atom. The van der Waals surface area contributed by atoms with Gasteiger partial charge in [0.15, 0.2) is 0 Å². The topological polar surface area (TPSA) is 105 Å². The van der Waals surface area contributed by atoms with Gasteiger partial charge in [-0.2, -0.15) is 0 Å². The fourth-order valence-corrected chi connectivity index (χ4v) is 4.00. The zero-order chi connectivity index (χ0) is 24.2. The lowest BCUT2D eigenvalue weighted by Crippen LogP contribution is -2.56. The molecule has 0 saturated carbocycles. The molecule has 0 aliphatic heterocycles. The number of benzene rings is 2. The standard InChI is InChI=1S/C26H32N2O5/c1-16(2)13-14-22(23(29)28-26(3,4)24(30)31)27-25(32)33-15-21-19-11-7-5-9-17(19)18-10-6-8-12-20(18)21/h5-12,16,21-22H,13-15H2,1-4H3,(H,27,32)(H,28,29)(H,30,31). The van der Waals surface area contributed by atoms with Crippen LogP contribution in [-0.4, -0.2) is 41.3 Å². The number of alkyl carbamates (subject to hydrolysis) is 1. The number of carbonyl (C=O) groups excluding carboxylic acids is 2. The molecule has 1 aliphatic carbocycles. The summed E-state index contributed by atoms with van der Waals surface area (Å²) in [6.45, 7) is 6.98. The van der Waals surface area contributed by atoms with Crippen molar-refractivity contribution >= 4 is 18.0 Å². The van der Waals surface area contributed by atoms with Crippen LogP contribution in [0.15, 0.2) is 48.5 Å². The van der Waals surface area contributed by atoms with Gasteiger partial charge in [0.05, 0.1) is 0 Å². The number of carboxylic acids is 1. The van der Waals surface area contributed by atoms with Gasteiger partial charge in [0.1, 0.15) is 18.2 Å². The van der Waals surface area contributed by atoms with E-state index in [9.17, 15) is 19.5 Å². The molecule has 1 atom stereocenters. The van der Waals surface area contributed by atoms with Gasteiger partial charge in [-0.05, 0) is 54.9 Å². The van der Waals surface area contributed by atoms with Crippen molar-refractivity contribution in [2.45, 2.75) is 58.0 Å². The molecule has 0 fully saturated rings. The first-order valence-electron chi connectivity index (χ1n) is 11.3. The SMILES string of the molecule is CC(C)CCC(NC(=O)OCC1c2ccccc2-c2ccccc21)C(=O)NC(C)(C)C(=O)O. The van der Waals surface area contributed by atoms with Crippen LogP contribution in [0.1, 0.15) is 57.6 Å². The second-order valence-electron chi connectivity index (χ2n) is 9.41. The highest BCUT2D eigenvalue weighted by Gasteiger charge is 2.33. The monoisotopic (exact) mass is 452 g/mol. The van der Waals surface area contributed by atoms with Crippen molar-refractivity contribution in [1.82, 2.24) is 10.6 Å². The predicted octanol–water partition coefficient (Wildman–Crippen LogP) is 4.31. The van der Waals surface area contributed by atoms with Crippen LogP contribution in [-0.2, 0) is 14.3 Å². The average molecular weight is 453 g/mol. The zero-order valence-corrected chi connectivity index (χ0v) is 19.6. The van der Waals surface area contributed by atoms with Crippen molar-refractivity contribution in [3.05, 3.63) is 59.7 Å². The summed E-state index contributed by atoms with van der Waals surface area (Å²) in [6.07, 6.45) is 0.368. The maximum absolute atomic E-state index is 12.8. The minimum Gasteiger partial charge on any atom is -0.480 e. The average Bonchev–Trinajstić information content (AvgIpc) is 3.08. The van der Waals surface area contributed by atoms with E-state index in [1.165, 1.54) is 13.8 Å². The van der Waals surface area contributed by atoms with Gasteiger partial charge in [0.25, 0.3) is 0 Å². The first-order chi connectivity index (χ1) is 15.6. The van der Waals surface area contributed by atoms with Crippen LogP contribution >= 0.6 is 0 Å². The second kappa shape index (κ2) is 10.1. The van der Waals surface area contributed by atoms with Gasteiger partial charge in [-0.25, -0.2) is 9.59 Å². The Morgan fingerprint density at radius 2 is 1.52 bits per heavy atom. The van der Waals surface area contributed by atoms with E-state index in [0.717, 1.165) is 22.3 Å². The molecule has 7 heteroatoms. The first-order valence-corrected chi connectivity index (χ1v) is 11.3. The highest BCUT2D eigenvalue weighted by Crippen LogP contribution is 2.44. The molecule has 0 saturated heterocycles. The number of ether oxygens (including phenoxy) is 1. The fourth-order valence-electron chi connectivity index (χ4n) is 4.00. The number of aliphatic carboxylic acids is 1. The second-order valence-corrected chi connectivity index (χ2v) is 9.41. The lowest BCUT2D eigenvalue weighted by molar-refractivity contribution is -0.146. The third kappa shape index (κ3) is 5.72. The maximum Gasteiger partial charge on any atom is 0.407 e. The maximum atomic E-state index is 12.8. The van der Waals surface area contributed by atoms with Crippen LogP contribution in [0.3, 0.4) is 0 Å². The first kappa shape index (κ1) is 24.3. The summed E-state index contributed by atoms with van der Waals surface area (Å²) < 4.78 is 5.56. The number of carbonyl (C=O) groups is 3. The van der Waals surface area contributed by atoms with Crippen LogP contribution < -0.4 is 10.6 Å². The van der Waals surface area contributed by atoms with E-state index in [1.807, 2.05) is 50.2 Å². The van der Waals surface area contributed by atoms with Gasteiger partial charge in [0, 0.05) is 5.92 Å². The highest BCUT2D eigenvalue weighted by molar-refractivity contribution is 5.90. The van der Waals surface area contributed by atoms with Crippen molar-refractivity contribution in [3.63, 3.8) is 0 Å². The summed E-state index contributed by atoms with van der Waals surface area (Å²) in [6, 6.07) is 15.2. The van der Waals surface area contributed by atoms with E-state index >= 15 is 0 Å². The Kier molecular flexibility index (Phi) is 7.41. The number of rotatable bonds is 9. The molecule has 0 bridgehead atoms. The number of carboxylic acid groups (broad SMARTS) is 1. The molecule has 176 valence electrons. The third-order valence-corrected chi connectivity index (χ3v) is 5.96. The molecule has 2 aromatic rings. The molecule has 2 aromatic carbocycles. The number of hydrogen-bond donors (Lipinski definition) is 3. The van der Waals surface area contributed by atoms with E-state index in [2.05, 4.69) is 22.8 Å². The lowest BCUT2D eigenvalue weighted by atomic mass is 9.98. The fraction of sp³-hybridized carbons (Fsp3) is 0.423. The van der Waals surface area contributed by atoms with E-state index in [-0.39, 0.29) is 12.5 Å². The van der Waals surface area contributed by atoms with Crippen molar-refractivity contribution < 1.29 is 24.2 Å². The van der Waals surface area contributed by atoms with Crippen molar-refractivity contribution in [1.29, 1.82) is 0 Å². The number of hydrogen-bond acceptors (Lipinski definition) is 4. The predicted molar refractivity (Wildman–Crippen MR) is 126 cm³/mol. The minimum atomic E-state index is -1.45. The summed E-state index contributed by atoms with van der Waals surface area (Å²) in [5.41, 5.74) is 3.02. The molecule has 0 aromatic heterocycles. The van der Waals surface area contributed by atoms with Gasteiger partial charge >= 0.3 is 12.1 Å². The molecule has 7 nitrogen and oxygen atoms in total. The Bertz CT molecular complexity index is 985. The van der Waals surface area contributed by atoms with E-state index in [1.54, 1.807) is 0 Å². The molecular formula is C26H32N2O5. The highest BCUT2D eigenvalue weighted by atomic mass is 16.5. The molecule has 3 N–H and O–H groups in total. The summed E-state index contributed by atoms with van der Waals surface area (Å²) in [5, 5.41) is 14.4. The number of nitrogens with one attached hydrogen (secondary N) is 2. The number of fused-ring (bicyclic) bond motifs is 3. The molecule has 0 heterocycles. The molecule has 33 heavy (non-hydrogen) atoms. The summed E-state index contributed by atoms with van der Waals surface area (Å²) in [4.78, 5) is 36.8. The van der Waals surface area contributed by atoms with Gasteiger partial charge in [-0.15, -0.1) is 0 Å². The van der Waals surface area contributed by atoms with Crippen LogP contribution in [0, 0.1) is 5.92 Å². The van der Waals surface area contributed by atoms with Crippen LogP contribution in [0.25, 0.3) is 11.1 Å². The van der Waals surface area contributed by atoms with Gasteiger partial charge in [0.2, 0.25) is 5.91 Å². The summed E-state index contributed by atoms with van der Waals surface area (Å²) in [7, 11) is 0. The van der Waals surface area contributed by atoms with E-state index in [0.29, 0.717) is 18.8 Å². The molecule has 0 spiro atoms. The molecule has 2 amide bonds. The Morgan fingerprint density at radius 1 is 0.970 bits per heavy atom.